The fourth-order valence-electron chi connectivity index (χ4n) is 2.18. The summed E-state index contributed by atoms with van der Waals surface area (Å²) in [7, 11) is 0. The molecule has 104 valence electrons. The van der Waals surface area contributed by atoms with Crippen LogP contribution in [0.4, 0.5) is 0 Å². The third kappa shape index (κ3) is 3.84. The fourth-order valence-corrected chi connectivity index (χ4v) is 2.18. The summed E-state index contributed by atoms with van der Waals surface area (Å²) in [6.45, 7) is 3.67. The molecule has 1 N–H and O–H groups in total. The molecule has 0 aliphatic heterocycles. The van der Waals surface area contributed by atoms with Crippen LogP contribution in [0, 0.1) is 6.92 Å². The minimum Gasteiger partial charge on any atom is -0.489 e. The van der Waals surface area contributed by atoms with Crippen molar-refractivity contribution in [2.75, 3.05) is 0 Å². The van der Waals surface area contributed by atoms with Gasteiger partial charge in [0.1, 0.15) is 12.4 Å². The predicted octanol–water partition coefficient (Wildman–Crippen LogP) is 3.83. The van der Waals surface area contributed by atoms with Gasteiger partial charge >= 0.3 is 0 Å². The first-order valence-electron chi connectivity index (χ1n) is 7.30. The van der Waals surface area contributed by atoms with Gasteiger partial charge in [0, 0.05) is 12.6 Å². The number of nitrogens with one attached hydrogen (secondary N) is 1. The number of rotatable bonds is 6. The molecule has 0 atom stereocenters. The second-order valence-corrected chi connectivity index (χ2v) is 5.58. The predicted molar refractivity (Wildman–Crippen MR) is 81.8 cm³/mol. The molecule has 0 radical (unpaired) electrons. The van der Waals surface area contributed by atoms with Crippen LogP contribution in [0.2, 0.25) is 0 Å². The monoisotopic (exact) mass is 267 g/mol. The summed E-state index contributed by atoms with van der Waals surface area (Å²) in [5, 5.41) is 3.54. The molecule has 2 aromatic carbocycles. The zero-order chi connectivity index (χ0) is 13.8. The van der Waals surface area contributed by atoms with E-state index in [9.17, 15) is 0 Å². The van der Waals surface area contributed by atoms with E-state index in [1.165, 1.54) is 29.5 Å². The van der Waals surface area contributed by atoms with E-state index in [1.54, 1.807) is 0 Å². The molecule has 1 saturated carbocycles. The minimum absolute atomic E-state index is 0.625. The topological polar surface area (TPSA) is 21.3 Å². The van der Waals surface area contributed by atoms with Crippen molar-refractivity contribution in [3.63, 3.8) is 0 Å². The lowest BCUT2D eigenvalue weighted by Crippen LogP contribution is -2.15. The van der Waals surface area contributed by atoms with Gasteiger partial charge in [-0.3, -0.25) is 0 Å². The minimum atomic E-state index is 0.625. The number of hydrogen-bond acceptors (Lipinski definition) is 2. The van der Waals surface area contributed by atoms with E-state index in [0.717, 1.165) is 18.3 Å². The zero-order valence-electron chi connectivity index (χ0n) is 11.9. The number of ether oxygens (including phenoxy) is 1. The van der Waals surface area contributed by atoms with Gasteiger partial charge in [-0.15, -0.1) is 0 Å². The van der Waals surface area contributed by atoms with Crippen LogP contribution in [0.1, 0.15) is 29.5 Å². The number of benzene rings is 2. The van der Waals surface area contributed by atoms with Crippen LogP contribution >= 0.6 is 0 Å². The zero-order valence-corrected chi connectivity index (χ0v) is 11.9. The van der Waals surface area contributed by atoms with Crippen molar-refractivity contribution >= 4 is 0 Å². The highest BCUT2D eigenvalue weighted by molar-refractivity contribution is 5.28. The van der Waals surface area contributed by atoms with Crippen LogP contribution in [-0.4, -0.2) is 6.04 Å². The Kier molecular flexibility index (Phi) is 4.03. The van der Waals surface area contributed by atoms with Crippen molar-refractivity contribution in [1.82, 2.24) is 5.32 Å². The number of aryl methyl sites for hydroxylation is 1. The molecule has 2 nitrogen and oxygen atoms in total. The molecule has 1 aliphatic carbocycles. The summed E-state index contributed by atoms with van der Waals surface area (Å²) in [5.74, 6) is 0.928. The molecule has 0 spiro atoms. The molecule has 1 fully saturated rings. The summed E-state index contributed by atoms with van der Waals surface area (Å²) in [5.41, 5.74) is 3.81. The molecular weight excluding hydrogens is 246 g/mol. The van der Waals surface area contributed by atoms with Gasteiger partial charge in [0.15, 0.2) is 0 Å². The third-order valence-corrected chi connectivity index (χ3v) is 3.59. The van der Waals surface area contributed by atoms with E-state index in [2.05, 4.69) is 48.6 Å². The van der Waals surface area contributed by atoms with Crippen LogP contribution in [0.5, 0.6) is 5.75 Å². The van der Waals surface area contributed by atoms with Crippen LogP contribution in [-0.2, 0) is 13.2 Å². The lowest BCUT2D eigenvalue weighted by Gasteiger charge is -2.09. The Bertz CT molecular complexity index is 558. The third-order valence-electron chi connectivity index (χ3n) is 3.59. The molecule has 0 unspecified atom stereocenters. The smallest absolute Gasteiger partial charge is 0.119 e. The largest absolute Gasteiger partial charge is 0.489 e. The van der Waals surface area contributed by atoms with E-state index in [4.69, 9.17) is 4.74 Å². The first-order chi connectivity index (χ1) is 9.79. The van der Waals surface area contributed by atoms with Crippen molar-refractivity contribution in [2.45, 2.75) is 39.0 Å². The van der Waals surface area contributed by atoms with Gasteiger partial charge in [-0.2, -0.15) is 0 Å². The quantitative estimate of drug-likeness (QED) is 0.859. The van der Waals surface area contributed by atoms with Crippen LogP contribution in [0.15, 0.2) is 48.5 Å². The summed E-state index contributed by atoms with van der Waals surface area (Å²) in [6, 6.07) is 17.6. The second-order valence-electron chi connectivity index (χ2n) is 5.58. The van der Waals surface area contributed by atoms with Crippen molar-refractivity contribution < 1.29 is 4.74 Å². The molecule has 0 saturated heterocycles. The Labute approximate surface area is 120 Å². The standard InChI is InChI=1S/C18H21NO/c1-14-5-9-18(10-6-14)20-13-16-4-2-3-15(11-16)12-19-17-7-8-17/h2-6,9-11,17,19H,7-8,12-13H2,1H3. The Morgan fingerprint density at radius 2 is 1.80 bits per heavy atom. The van der Waals surface area contributed by atoms with Gasteiger partial charge in [0.25, 0.3) is 0 Å². The summed E-state index contributed by atoms with van der Waals surface area (Å²) < 4.78 is 5.82. The molecule has 0 bridgehead atoms. The number of hydrogen-bond donors (Lipinski definition) is 1. The first kappa shape index (κ1) is 13.2. The van der Waals surface area contributed by atoms with Gasteiger partial charge < -0.3 is 10.1 Å². The van der Waals surface area contributed by atoms with Crippen molar-refractivity contribution in [3.05, 3.63) is 65.2 Å². The van der Waals surface area contributed by atoms with E-state index in [1.807, 2.05) is 12.1 Å². The van der Waals surface area contributed by atoms with Crippen LogP contribution in [0.3, 0.4) is 0 Å². The summed E-state index contributed by atoms with van der Waals surface area (Å²) >= 11 is 0. The molecule has 2 aromatic rings. The highest BCUT2D eigenvalue weighted by Gasteiger charge is 2.19. The molecule has 2 heteroatoms. The maximum Gasteiger partial charge on any atom is 0.119 e. The Morgan fingerprint density at radius 3 is 2.55 bits per heavy atom. The maximum atomic E-state index is 5.82. The fraction of sp³-hybridized carbons (Fsp3) is 0.333. The Balaban J connectivity index is 1.56. The van der Waals surface area contributed by atoms with E-state index >= 15 is 0 Å². The van der Waals surface area contributed by atoms with Gasteiger partial charge in [0.05, 0.1) is 0 Å². The maximum absolute atomic E-state index is 5.82. The highest BCUT2D eigenvalue weighted by atomic mass is 16.5. The lowest BCUT2D eigenvalue weighted by atomic mass is 10.1. The molecule has 1 aliphatic rings. The average Bonchev–Trinajstić information content (AvgIpc) is 3.29. The normalized spacial score (nSPS) is 14.2. The van der Waals surface area contributed by atoms with Crippen LogP contribution in [0.25, 0.3) is 0 Å². The Hall–Kier alpha value is -1.80. The van der Waals surface area contributed by atoms with Gasteiger partial charge in [-0.05, 0) is 43.0 Å². The van der Waals surface area contributed by atoms with Crippen molar-refractivity contribution in [2.24, 2.45) is 0 Å². The van der Waals surface area contributed by atoms with E-state index in [-0.39, 0.29) is 0 Å². The second kappa shape index (κ2) is 6.10. The molecule has 20 heavy (non-hydrogen) atoms. The van der Waals surface area contributed by atoms with Crippen molar-refractivity contribution in [3.8, 4) is 5.75 Å². The summed E-state index contributed by atoms with van der Waals surface area (Å²) in [6.07, 6.45) is 2.66. The molecule has 0 amide bonds. The molecule has 0 heterocycles. The van der Waals surface area contributed by atoms with Gasteiger partial charge in [-0.25, -0.2) is 0 Å². The molecular formula is C18H21NO. The van der Waals surface area contributed by atoms with Crippen molar-refractivity contribution in [1.29, 1.82) is 0 Å². The molecule has 3 rings (SSSR count). The Morgan fingerprint density at radius 1 is 1.05 bits per heavy atom. The van der Waals surface area contributed by atoms with Crippen LogP contribution < -0.4 is 10.1 Å². The molecule has 0 aromatic heterocycles. The van der Waals surface area contributed by atoms with Gasteiger partial charge in [-0.1, -0.05) is 42.0 Å². The van der Waals surface area contributed by atoms with E-state index in [0.29, 0.717) is 6.61 Å². The highest BCUT2D eigenvalue weighted by Crippen LogP contribution is 2.19. The van der Waals surface area contributed by atoms with Gasteiger partial charge in [0.2, 0.25) is 0 Å². The summed E-state index contributed by atoms with van der Waals surface area (Å²) in [4.78, 5) is 0. The SMILES string of the molecule is Cc1ccc(OCc2cccc(CNC3CC3)c2)cc1. The average molecular weight is 267 g/mol. The first-order valence-corrected chi connectivity index (χ1v) is 7.30. The van der Waals surface area contributed by atoms with E-state index < -0.39 is 0 Å². The lowest BCUT2D eigenvalue weighted by molar-refractivity contribution is 0.306.